The predicted octanol–water partition coefficient (Wildman–Crippen LogP) is 1.40. The van der Waals surface area contributed by atoms with E-state index in [0.717, 1.165) is 56.0 Å². The molecule has 0 aliphatic carbocycles. The minimum absolute atomic E-state index is 0.0299. The molecule has 1 saturated heterocycles. The first kappa shape index (κ1) is 21.5. The molecule has 1 aromatic carbocycles. The van der Waals surface area contributed by atoms with Crippen LogP contribution in [0.25, 0.3) is 10.9 Å². The van der Waals surface area contributed by atoms with E-state index in [1.165, 1.54) is 0 Å². The Hall–Kier alpha value is -2.16. The summed E-state index contributed by atoms with van der Waals surface area (Å²) in [6, 6.07) is 5.80. The van der Waals surface area contributed by atoms with Crippen molar-refractivity contribution in [3.05, 3.63) is 23.9 Å². The van der Waals surface area contributed by atoms with Gasteiger partial charge in [-0.05, 0) is 27.1 Å². The van der Waals surface area contributed by atoms with Crippen molar-refractivity contribution in [1.29, 1.82) is 0 Å². The van der Waals surface area contributed by atoms with E-state index in [4.69, 9.17) is 14.6 Å². The summed E-state index contributed by atoms with van der Waals surface area (Å²) in [4.78, 5) is 19.6. The minimum Gasteiger partial charge on any atom is -0.494 e. The van der Waals surface area contributed by atoms with Crippen LogP contribution in [0.2, 0.25) is 0 Å². The average molecular weight is 404 g/mol. The van der Waals surface area contributed by atoms with Crippen molar-refractivity contribution >= 4 is 16.8 Å². The SMILES string of the molecule is CCN(CCN(C)C)C(=O)c1nn(CCN2CCOCC2)c2c(OC)cccc12. The van der Waals surface area contributed by atoms with Crippen LogP contribution in [0.1, 0.15) is 17.4 Å². The molecular weight excluding hydrogens is 370 g/mol. The van der Waals surface area contributed by atoms with Crippen LogP contribution in [0.4, 0.5) is 0 Å². The van der Waals surface area contributed by atoms with Crippen LogP contribution < -0.4 is 4.74 Å². The number of benzene rings is 1. The Morgan fingerprint density at radius 2 is 1.97 bits per heavy atom. The summed E-state index contributed by atoms with van der Waals surface area (Å²) in [6.45, 7) is 9.11. The highest BCUT2D eigenvalue weighted by molar-refractivity contribution is 6.06. The van der Waals surface area contributed by atoms with Crippen LogP contribution >= 0.6 is 0 Å². The second kappa shape index (κ2) is 10.0. The molecule has 2 aromatic rings. The first-order chi connectivity index (χ1) is 14.0. The molecule has 0 N–H and O–H groups in total. The smallest absolute Gasteiger partial charge is 0.275 e. The Morgan fingerprint density at radius 3 is 2.62 bits per heavy atom. The third kappa shape index (κ3) is 5.07. The fourth-order valence-corrected chi connectivity index (χ4v) is 3.62. The first-order valence-electron chi connectivity index (χ1n) is 10.3. The van der Waals surface area contributed by atoms with E-state index in [1.54, 1.807) is 7.11 Å². The summed E-state index contributed by atoms with van der Waals surface area (Å²) in [5.74, 6) is 0.713. The van der Waals surface area contributed by atoms with E-state index in [2.05, 4.69) is 9.80 Å². The van der Waals surface area contributed by atoms with Crippen LogP contribution in [0.15, 0.2) is 18.2 Å². The number of nitrogens with zero attached hydrogens (tertiary/aromatic N) is 5. The molecule has 1 aliphatic heterocycles. The number of para-hydroxylation sites is 1. The Labute approximate surface area is 172 Å². The van der Waals surface area contributed by atoms with Crippen molar-refractivity contribution in [1.82, 2.24) is 24.5 Å². The molecule has 0 atom stereocenters. The second-order valence-electron chi connectivity index (χ2n) is 7.57. The lowest BCUT2D eigenvalue weighted by Crippen LogP contribution is -2.38. The molecule has 1 fully saturated rings. The summed E-state index contributed by atoms with van der Waals surface area (Å²) in [7, 11) is 5.68. The number of fused-ring (bicyclic) bond motifs is 1. The molecule has 3 rings (SSSR count). The summed E-state index contributed by atoms with van der Waals surface area (Å²) in [5.41, 5.74) is 1.39. The number of carbonyl (C=O) groups is 1. The van der Waals surface area contributed by atoms with Gasteiger partial charge in [0.2, 0.25) is 0 Å². The fraction of sp³-hybridized carbons (Fsp3) is 0.619. The van der Waals surface area contributed by atoms with Crippen LogP contribution in [-0.4, -0.2) is 104 Å². The summed E-state index contributed by atoms with van der Waals surface area (Å²) < 4.78 is 13.0. The first-order valence-corrected chi connectivity index (χ1v) is 10.3. The van der Waals surface area contributed by atoms with Crippen molar-refractivity contribution in [2.75, 3.05) is 73.7 Å². The molecule has 0 radical (unpaired) electrons. The van der Waals surface area contributed by atoms with Gasteiger partial charge in [-0.15, -0.1) is 0 Å². The summed E-state index contributed by atoms with van der Waals surface area (Å²) in [6.07, 6.45) is 0. The number of rotatable bonds is 9. The molecule has 0 saturated carbocycles. The van der Waals surface area contributed by atoms with Crippen molar-refractivity contribution in [2.24, 2.45) is 0 Å². The number of hydrogen-bond donors (Lipinski definition) is 0. The maximum atomic E-state index is 13.3. The van der Waals surface area contributed by atoms with E-state index in [0.29, 0.717) is 25.3 Å². The molecular formula is C21H33N5O3. The predicted molar refractivity (Wildman–Crippen MR) is 114 cm³/mol. The van der Waals surface area contributed by atoms with E-state index in [1.807, 2.05) is 48.8 Å². The summed E-state index contributed by atoms with van der Waals surface area (Å²) in [5, 5.41) is 5.60. The lowest BCUT2D eigenvalue weighted by molar-refractivity contribution is 0.0361. The molecule has 0 bridgehead atoms. The highest BCUT2D eigenvalue weighted by Crippen LogP contribution is 2.28. The zero-order valence-electron chi connectivity index (χ0n) is 18.1. The minimum atomic E-state index is -0.0299. The maximum absolute atomic E-state index is 13.3. The number of hydrogen-bond acceptors (Lipinski definition) is 6. The van der Waals surface area contributed by atoms with E-state index in [-0.39, 0.29) is 5.91 Å². The van der Waals surface area contributed by atoms with Gasteiger partial charge < -0.3 is 19.3 Å². The van der Waals surface area contributed by atoms with Gasteiger partial charge in [0.05, 0.1) is 26.9 Å². The normalized spacial score (nSPS) is 15.2. The number of methoxy groups -OCH3 is 1. The van der Waals surface area contributed by atoms with Crippen molar-refractivity contribution in [2.45, 2.75) is 13.5 Å². The molecule has 29 heavy (non-hydrogen) atoms. The van der Waals surface area contributed by atoms with E-state index in [9.17, 15) is 4.79 Å². The second-order valence-corrected chi connectivity index (χ2v) is 7.57. The van der Waals surface area contributed by atoms with Gasteiger partial charge in [-0.1, -0.05) is 12.1 Å². The quantitative estimate of drug-likeness (QED) is 0.631. The van der Waals surface area contributed by atoms with Crippen molar-refractivity contribution in [3.63, 3.8) is 0 Å². The highest BCUT2D eigenvalue weighted by Gasteiger charge is 2.24. The number of morpholine rings is 1. The highest BCUT2D eigenvalue weighted by atomic mass is 16.5. The summed E-state index contributed by atoms with van der Waals surface area (Å²) >= 11 is 0. The van der Waals surface area contributed by atoms with Crippen molar-refractivity contribution < 1.29 is 14.3 Å². The van der Waals surface area contributed by atoms with Gasteiger partial charge in [0.1, 0.15) is 11.3 Å². The maximum Gasteiger partial charge on any atom is 0.275 e. The number of ether oxygens (including phenoxy) is 2. The lowest BCUT2D eigenvalue weighted by Gasteiger charge is -2.26. The van der Waals surface area contributed by atoms with Gasteiger partial charge in [0.25, 0.3) is 5.91 Å². The Balaban J connectivity index is 1.89. The molecule has 1 aliphatic rings. The number of aromatic nitrogens is 2. The fourth-order valence-electron chi connectivity index (χ4n) is 3.62. The van der Waals surface area contributed by atoms with Gasteiger partial charge in [0, 0.05) is 44.7 Å². The van der Waals surface area contributed by atoms with Crippen LogP contribution in [0.5, 0.6) is 5.75 Å². The molecule has 8 nitrogen and oxygen atoms in total. The van der Waals surface area contributed by atoms with Crippen molar-refractivity contribution in [3.8, 4) is 5.75 Å². The van der Waals surface area contributed by atoms with Gasteiger partial charge in [-0.25, -0.2) is 0 Å². The van der Waals surface area contributed by atoms with Crippen LogP contribution in [0, 0.1) is 0 Å². The Morgan fingerprint density at radius 1 is 1.21 bits per heavy atom. The zero-order valence-corrected chi connectivity index (χ0v) is 18.1. The topological polar surface area (TPSA) is 63.1 Å². The molecule has 2 heterocycles. The average Bonchev–Trinajstić information content (AvgIpc) is 3.12. The molecule has 1 amide bonds. The monoisotopic (exact) mass is 403 g/mol. The van der Waals surface area contributed by atoms with Crippen LogP contribution in [0.3, 0.4) is 0 Å². The molecule has 8 heteroatoms. The third-order valence-corrected chi connectivity index (χ3v) is 5.37. The number of likely N-dealkylation sites (N-methyl/N-ethyl adjacent to an activating group) is 2. The largest absolute Gasteiger partial charge is 0.494 e. The number of carbonyl (C=O) groups excluding carboxylic acids is 1. The van der Waals surface area contributed by atoms with E-state index >= 15 is 0 Å². The Kier molecular flexibility index (Phi) is 7.46. The number of amides is 1. The molecule has 0 spiro atoms. The Bertz CT molecular complexity index is 814. The van der Waals surface area contributed by atoms with Gasteiger partial charge in [-0.2, -0.15) is 5.10 Å². The standard InChI is InChI=1S/C21H33N5O3/c1-5-25(11-9-23(2)3)21(27)19-17-7-6-8-18(28-4)20(17)26(22-19)12-10-24-13-15-29-16-14-24/h6-8H,5,9-16H2,1-4H3. The molecule has 0 unspecified atom stereocenters. The van der Waals surface area contributed by atoms with Gasteiger partial charge in [0.15, 0.2) is 5.69 Å². The molecule has 160 valence electrons. The molecule has 1 aromatic heterocycles. The third-order valence-electron chi connectivity index (χ3n) is 5.37. The lowest BCUT2D eigenvalue weighted by atomic mass is 10.1. The zero-order chi connectivity index (χ0) is 20.8. The van der Waals surface area contributed by atoms with Gasteiger partial charge >= 0.3 is 0 Å². The van der Waals surface area contributed by atoms with E-state index < -0.39 is 0 Å². The van der Waals surface area contributed by atoms with Gasteiger partial charge in [-0.3, -0.25) is 14.4 Å². The van der Waals surface area contributed by atoms with Crippen LogP contribution in [-0.2, 0) is 11.3 Å².